The van der Waals surface area contributed by atoms with E-state index in [1.165, 1.54) is 6.92 Å². The molecule has 128 valence electrons. The lowest BCUT2D eigenvalue weighted by molar-refractivity contribution is -0.114. The van der Waals surface area contributed by atoms with Crippen molar-refractivity contribution < 1.29 is 9.53 Å². The van der Waals surface area contributed by atoms with Crippen LogP contribution >= 0.6 is 0 Å². The van der Waals surface area contributed by atoms with E-state index in [4.69, 9.17) is 4.74 Å². The number of aryl methyl sites for hydroxylation is 1. The SMILES string of the molecule is COCCCNc1cc(Nc2cccc(NC(C)=O)c2)nc(C)n1. The van der Waals surface area contributed by atoms with E-state index >= 15 is 0 Å². The van der Waals surface area contributed by atoms with Gasteiger partial charge in [0.25, 0.3) is 0 Å². The van der Waals surface area contributed by atoms with Crippen molar-refractivity contribution in [1.29, 1.82) is 0 Å². The predicted octanol–water partition coefficient (Wildman–Crippen LogP) is 2.94. The molecule has 24 heavy (non-hydrogen) atoms. The van der Waals surface area contributed by atoms with Gasteiger partial charge in [-0.15, -0.1) is 0 Å². The molecular formula is C17H23N5O2. The summed E-state index contributed by atoms with van der Waals surface area (Å²) in [5, 5.41) is 9.25. The van der Waals surface area contributed by atoms with Crippen LogP contribution in [-0.4, -0.2) is 36.1 Å². The van der Waals surface area contributed by atoms with Gasteiger partial charge in [0.05, 0.1) is 0 Å². The fourth-order valence-corrected chi connectivity index (χ4v) is 2.18. The Kier molecular flexibility index (Phi) is 6.51. The Morgan fingerprint density at radius 3 is 2.67 bits per heavy atom. The summed E-state index contributed by atoms with van der Waals surface area (Å²) in [6, 6.07) is 9.32. The van der Waals surface area contributed by atoms with Crippen LogP contribution < -0.4 is 16.0 Å². The minimum absolute atomic E-state index is 0.104. The molecule has 0 saturated carbocycles. The number of ether oxygens (including phenoxy) is 1. The third-order valence-electron chi connectivity index (χ3n) is 3.12. The zero-order chi connectivity index (χ0) is 17.4. The van der Waals surface area contributed by atoms with Crippen LogP contribution in [0, 0.1) is 6.92 Å². The molecule has 1 amide bonds. The lowest BCUT2D eigenvalue weighted by Gasteiger charge is -2.11. The monoisotopic (exact) mass is 329 g/mol. The lowest BCUT2D eigenvalue weighted by atomic mass is 10.2. The molecule has 7 nitrogen and oxygen atoms in total. The molecule has 1 aromatic heterocycles. The number of hydrogen-bond acceptors (Lipinski definition) is 6. The number of nitrogens with one attached hydrogen (secondary N) is 3. The normalized spacial score (nSPS) is 10.3. The Bertz CT molecular complexity index is 690. The van der Waals surface area contributed by atoms with Crippen molar-refractivity contribution in [2.75, 3.05) is 36.2 Å². The molecule has 3 N–H and O–H groups in total. The van der Waals surface area contributed by atoms with Gasteiger partial charge in [-0.25, -0.2) is 9.97 Å². The maximum atomic E-state index is 11.1. The number of benzene rings is 1. The molecule has 0 aliphatic heterocycles. The molecular weight excluding hydrogens is 306 g/mol. The van der Waals surface area contributed by atoms with Crippen LogP contribution in [0.4, 0.5) is 23.0 Å². The molecule has 0 fully saturated rings. The summed E-state index contributed by atoms with van der Waals surface area (Å²) in [7, 11) is 1.69. The maximum absolute atomic E-state index is 11.1. The molecule has 0 spiro atoms. The number of aromatic nitrogens is 2. The second-order valence-corrected chi connectivity index (χ2v) is 5.35. The first kappa shape index (κ1) is 17.7. The quantitative estimate of drug-likeness (QED) is 0.645. The number of anilines is 4. The average molecular weight is 329 g/mol. The summed E-state index contributed by atoms with van der Waals surface area (Å²) in [6.07, 6.45) is 0.904. The highest BCUT2D eigenvalue weighted by atomic mass is 16.5. The molecule has 2 rings (SSSR count). The van der Waals surface area contributed by atoms with E-state index in [-0.39, 0.29) is 5.91 Å². The van der Waals surface area contributed by atoms with Gasteiger partial charge in [-0.2, -0.15) is 0 Å². The van der Waals surface area contributed by atoms with Crippen molar-refractivity contribution >= 4 is 28.9 Å². The van der Waals surface area contributed by atoms with Crippen molar-refractivity contribution in [3.63, 3.8) is 0 Å². The second kappa shape index (κ2) is 8.83. The number of methoxy groups -OCH3 is 1. The fraction of sp³-hybridized carbons (Fsp3) is 0.353. The molecule has 0 radical (unpaired) electrons. The summed E-state index contributed by atoms with van der Waals surface area (Å²) in [4.78, 5) is 19.9. The van der Waals surface area contributed by atoms with Crippen molar-refractivity contribution in [2.45, 2.75) is 20.3 Å². The van der Waals surface area contributed by atoms with Crippen LogP contribution in [-0.2, 0) is 9.53 Å². The van der Waals surface area contributed by atoms with Gasteiger partial charge in [-0.3, -0.25) is 4.79 Å². The topological polar surface area (TPSA) is 88.2 Å². The second-order valence-electron chi connectivity index (χ2n) is 5.35. The van der Waals surface area contributed by atoms with Crippen LogP contribution in [0.5, 0.6) is 0 Å². The van der Waals surface area contributed by atoms with Crippen LogP contribution in [0.15, 0.2) is 30.3 Å². The Balaban J connectivity index is 2.06. The van der Waals surface area contributed by atoms with E-state index in [0.717, 1.165) is 30.2 Å². The predicted molar refractivity (Wildman–Crippen MR) is 95.8 cm³/mol. The minimum Gasteiger partial charge on any atom is -0.385 e. The highest BCUT2D eigenvalue weighted by Gasteiger charge is 2.04. The van der Waals surface area contributed by atoms with Crippen molar-refractivity contribution in [1.82, 2.24) is 9.97 Å². The van der Waals surface area contributed by atoms with Crippen LogP contribution in [0.1, 0.15) is 19.2 Å². The molecule has 0 aliphatic rings. The molecule has 0 atom stereocenters. The molecule has 0 aliphatic carbocycles. The lowest BCUT2D eigenvalue weighted by Crippen LogP contribution is -2.08. The summed E-state index contributed by atoms with van der Waals surface area (Å²) in [5.74, 6) is 2.02. The Hall–Kier alpha value is -2.67. The van der Waals surface area contributed by atoms with Gasteiger partial charge in [0.2, 0.25) is 5.91 Å². The molecule has 2 aromatic rings. The molecule has 1 aromatic carbocycles. The zero-order valence-electron chi connectivity index (χ0n) is 14.2. The van der Waals surface area contributed by atoms with E-state index in [0.29, 0.717) is 18.2 Å². The highest BCUT2D eigenvalue weighted by Crippen LogP contribution is 2.20. The average Bonchev–Trinajstić information content (AvgIpc) is 2.51. The standard InChI is InChI=1S/C17H23N5O2/c1-12-19-16(18-8-5-9-24-3)11-17(20-12)22-15-7-4-6-14(10-15)21-13(2)23/h4,6-7,10-11H,5,8-9H2,1-3H3,(H,21,23)(H2,18,19,20,22). The first-order valence-electron chi connectivity index (χ1n) is 7.80. The Labute approximate surface area is 141 Å². The highest BCUT2D eigenvalue weighted by molar-refractivity contribution is 5.89. The summed E-state index contributed by atoms with van der Waals surface area (Å²) in [5.41, 5.74) is 1.57. The van der Waals surface area contributed by atoms with Gasteiger partial charge < -0.3 is 20.7 Å². The first-order valence-corrected chi connectivity index (χ1v) is 7.80. The fourth-order valence-electron chi connectivity index (χ4n) is 2.18. The Morgan fingerprint density at radius 1 is 1.17 bits per heavy atom. The van der Waals surface area contributed by atoms with Gasteiger partial charge in [-0.05, 0) is 31.5 Å². The third-order valence-corrected chi connectivity index (χ3v) is 3.12. The van der Waals surface area contributed by atoms with Crippen molar-refractivity contribution in [3.8, 4) is 0 Å². The van der Waals surface area contributed by atoms with Crippen LogP contribution in [0.25, 0.3) is 0 Å². The summed E-state index contributed by atoms with van der Waals surface area (Å²) < 4.78 is 5.03. The number of amides is 1. The number of hydrogen-bond donors (Lipinski definition) is 3. The first-order chi connectivity index (χ1) is 11.6. The van der Waals surface area contributed by atoms with Crippen molar-refractivity contribution in [2.24, 2.45) is 0 Å². The number of nitrogens with zero attached hydrogens (tertiary/aromatic N) is 2. The van der Waals surface area contributed by atoms with Gasteiger partial charge in [0, 0.05) is 44.6 Å². The number of carbonyl (C=O) groups is 1. The minimum atomic E-state index is -0.104. The van der Waals surface area contributed by atoms with Crippen LogP contribution in [0.3, 0.4) is 0 Å². The van der Waals surface area contributed by atoms with Gasteiger partial charge in [0.1, 0.15) is 17.5 Å². The van der Waals surface area contributed by atoms with Gasteiger partial charge in [-0.1, -0.05) is 6.07 Å². The molecule has 0 bridgehead atoms. The van der Waals surface area contributed by atoms with Crippen molar-refractivity contribution in [3.05, 3.63) is 36.2 Å². The third kappa shape index (κ3) is 5.85. The number of rotatable bonds is 8. The molecule has 1 heterocycles. The van der Waals surface area contributed by atoms with Gasteiger partial charge >= 0.3 is 0 Å². The van der Waals surface area contributed by atoms with E-state index < -0.39 is 0 Å². The summed E-state index contributed by atoms with van der Waals surface area (Å²) in [6.45, 7) is 4.81. The molecule has 7 heteroatoms. The van der Waals surface area contributed by atoms with E-state index in [1.54, 1.807) is 7.11 Å². The summed E-state index contributed by atoms with van der Waals surface area (Å²) >= 11 is 0. The zero-order valence-corrected chi connectivity index (χ0v) is 14.2. The van der Waals surface area contributed by atoms with Gasteiger partial charge in [0.15, 0.2) is 0 Å². The van der Waals surface area contributed by atoms with E-state index in [2.05, 4.69) is 25.9 Å². The van der Waals surface area contributed by atoms with E-state index in [1.807, 2.05) is 37.3 Å². The molecule has 0 saturated heterocycles. The Morgan fingerprint density at radius 2 is 1.92 bits per heavy atom. The van der Waals surface area contributed by atoms with E-state index in [9.17, 15) is 4.79 Å². The van der Waals surface area contributed by atoms with Crippen LogP contribution in [0.2, 0.25) is 0 Å². The maximum Gasteiger partial charge on any atom is 0.221 e. The molecule has 0 unspecified atom stereocenters. The number of carbonyl (C=O) groups excluding carboxylic acids is 1. The largest absolute Gasteiger partial charge is 0.385 e. The smallest absolute Gasteiger partial charge is 0.221 e.